The average molecular weight is 263 g/mol. The zero-order valence-electron chi connectivity index (χ0n) is 10.1. The van der Waals surface area contributed by atoms with E-state index in [1.165, 1.54) is 11.0 Å². The van der Waals surface area contributed by atoms with Gasteiger partial charge in [0.05, 0.1) is 5.75 Å². The maximum absolute atomic E-state index is 11.3. The molecule has 0 aromatic heterocycles. The van der Waals surface area contributed by atoms with E-state index in [1.807, 2.05) is 6.07 Å². The summed E-state index contributed by atoms with van der Waals surface area (Å²) in [6.07, 6.45) is 3.98. The van der Waals surface area contributed by atoms with E-state index in [0.29, 0.717) is 12.0 Å². The van der Waals surface area contributed by atoms with E-state index in [9.17, 15) is 8.42 Å². The highest BCUT2D eigenvalue weighted by Gasteiger charge is 2.33. The molecule has 1 atom stereocenters. The van der Waals surface area contributed by atoms with Gasteiger partial charge in [-0.05, 0) is 24.3 Å². The van der Waals surface area contributed by atoms with Gasteiger partial charge >= 0.3 is 0 Å². The fourth-order valence-electron chi connectivity index (χ4n) is 2.73. The van der Waals surface area contributed by atoms with Crippen LogP contribution in [0.4, 0.5) is 0 Å². The largest absolute Gasteiger partial charge is 0.307 e. The van der Waals surface area contributed by atoms with Crippen LogP contribution >= 0.6 is 0 Å². The van der Waals surface area contributed by atoms with Crippen LogP contribution in [0.2, 0.25) is 0 Å². The molecule has 96 valence electrons. The van der Waals surface area contributed by atoms with E-state index in [-0.39, 0.29) is 11.8 Å². The van der Waals surface area contributed by atoms with Gasteiger partial charge in [-0.15, -0.1) is 0 Å². The van der Waals surface area contributed by atoms with E-state index < -0.39 is 9.84 Å². The lowest BCUT2D eigenvalue weighted by atomic mass is 9.75. The van der Waals surface area contributed by atoms with Crippen LogP contribution in [0.25, 0.3) is 0 Å². The number of rotatable bonds is 3. The molecule has 0 saturated heterocycles. The summed E-state index contributed by atoms with van der Waals surface area (Å²) >= 11 is 0. The van der Waals surface area contributed by atoms with Gasteiger partial charge in [0.25, 0.3) is 0 Å². The molecule has 18 heavy (non-hydrogen) atoms. The second kappa shape index (κ2) is 4.52. The van der Waals surface area contributed by atoms with Gasteiger partial charge in [0.2, 0.25) is 0 Å². The minimum Gasteiger partial charge on any atom is -0.307 e. The van der Waals surface area contributed by atoms with Gasteiger partial charge in [-0.3, -0.25) is 0 Å². The summed E-state index contributed by atoms with van der Waals surface area (Å²) in [7, 11) is -2.93. The maximum atomic E-state index is 11.3. The van der Waals surface area contributed by atoms with Gasteiger partial charge in [-0.25, -0.2) is 8.42 Å². The Bertz CT molecular complexity index is 544. The van der Waals surface area contributed by atoms with Crippen molar-refractivity contribution in [3.63, 3.8) is 0 Å². The summed E-state index contributed by atoms with van der Waals surface area (Å²) in [6, 6.07) is 11.0. The van der Waals surface area contributed by atoms with Gasteiger partial charge in [-0.1, -0.05) is 36.4 Å². The molecule has 1 fully saturated rings. The third-order valence-corrected chi connectivity index (χ3v) is 5.18. The molecule has 3 nitrogen and oxygen atoms in total. The molecule has 1 aromatic carbocycles. The number of hydrogen-bond donors (Lipinski definition) is 1. The first-order valence-electron chi connectivity index (χ1n) is 6.34. The molecule has 1 aromatic rings. The SMILES string of the molecule is O=S1(=O)C=CC(NC2CC(c3ccccc3)C2)C1. The first-order chi connectivity index (χ1) is 8.62. The van der Waals surface area contributed by atoms with Gasteiger partial charge in [0, 0.05) is 17.5 Å². The molecule has 3 rings (SSSR count). The monoisotopic (exact) mass is 263 g/mol. The molecule has 0 amide bonds. The molecular weight excluding hydrogens is 246 g/mol. The topological polar surface area (TPSA) is 46.2 Å². The van der Waals surface area contributed by atoms with Crippen molar-refractivity contribution in [3.05, 3.63) is 47.4 Å². The highest BCUT2D eigenvalue weighted by molar-refractivity contribution is 7.94. The number of sulfone groups is 1. The molecule has 1 heterocycles. The maximum Gasteiger partial charge on any atom is 0.173 e. The Balaban J connectivity index is 1.51. The zero-order valence-corrected chi connectivity index (χ0v) is 10.9. The van der Waals surface area contributed by atoms with Crippen LogP contribution in [0.3, 0.4) is 0 Å². The third-order valence-electron chi connectivity index (χ3n) is 3.79. The number of hydrogen-bond acceptors (Lipinski definition) is 3. The van der Waals surface area contributed by atoms with Crippen LogP contribution < -0.4 is 5.32 Å². The molecule has 2 aliphatic rings. The fourth-order valence-corrected chi connectivity index (χ4v) is 3.98. The van der Waals surface area contributed by atoms with Gasteiger partial charge < -0.3 is 5.32 Å². The van der Waals surface area contributed by atoms with Crippen molar-refractivity contribution in [3.8, 4) is 0 Å². The second-order valence-electron chi connectivity index (χ2n) is 5.21. The van der Waals surface area contributed by atoms with Crippen molar-refractivity contribution in [1.29, 1.82) is 0 Å². The minimum atomic E-state index is -2.93. The Morgan fingerprint density at radius 3 is 2.44 bits per heavy atom. The lowest BCUT2D eigenvalue weighted by Gasteiger charge is -2.37. The fraction of sp³-hybridized carbons (Fsp3) is 0.429. The molecule has 1 unspecified atom stereocenters. The molecule has 1 N–H and O–H groups in total. The molecule has 0 spiro atoms. The molecule has 0 bridgehead atoms. The van der Waals surface area contributed by atoms with Crippen LogP contribution in [0.5, 0.6) is 0 Å². The Hall–Kier alpha value is -1.13. The van der Waals surface area contributed by atoms with E-state index in [4.69, 9.17) is 0 Å². The van der Waals surface area contributed by atoms with Crippen LogP contribution in [0.15, 0.2) is 41.8 Å². The van der Waals surface area contributed by atoms with Crippen molar-refractivity contribution in [2.75, 3.05) is 5.75 Å². The van der Waals surface area contributed by atoms with Gasteiger partial charge in [0.1, 0.15) is 0 Å². The molecule has 0 radical (unpaired) electrons. The minimum absolute atomic E-state index is 0.0109. The van der Waals surface area contributed by atoms with Crippen molar-refractivity contribution < 1.29 is 8.42 Å². The van der Waals surface area contributed by atoms with E-state index in [0.717, 1.165) is 12.8 Å². The van der Waals surface area contributed by atoms with Gasteiger partial charge in [-0.2, -0.15) is 0 Å². The molecule has 1 aliphatic heterocycles. The zero-order chi connectivity index (χ0) is 12.6. The van der Waals surface area contributed by atoms with Crippen molar-refractivity contribution in [2.24, 2.45) is 0 Å². The Kier molecular flexibility index (Phi) is 2.99. The summed E-state index contributed by atoms with van der Waals surface area (Å²) < 4.78 is 22.6. The highest BCUT2D eigenvalue weighted by Crippen LogP contribution is 2.37. The average Bonchev–Trinajstić information content (AvgIpc) is 2.64. The van der Waals surface area contributed by atoms with E-state index in [1.54, 1.807) is 6.08 Å². The Labute approximate surface area is 108 Å². The molecule has 1 saturated carbocycles. The van der Waals surface area contributed by atoms with Crippen LogP contribution in [0.1, 0.15) is 24.3 Å². The lowest BCUT2D eigenvalue weighted by molar-refractivity contribution is 0.283. The van der Waals surface area contributed by atoms with E-state index >= 15 is 0 Å². The van der Waals surface area contributed by atoms with Crippen molar-refractivity contribution in [1.82, 2.24) is 5.32 Å². The summed E-state index contributed by atoms with van der Waals surface area (Å²) in [5.41, 5.74) is 1.39. The lowest BCUT2D eigenvalue weighted by Crippen LogP contribution is -2.45. The third kappa shape index (κ3) is 2.49. The predicted octanol–water partition coefficient (Wildman–Crippen LogP) is 1.83. The van der Waals surface area contributed by atoms with Crippen molar-refractivity contribution >= 4 is 9.84 Å². The van der Waals surface area contributed by atoms with Crippen LogP contribution in [-0.2, 0) is 9.84 Å². The quantitative estimate of drug-likeness (QED) is 0.905. The Morgan fingerprint density at radius 1 is 1.11 bits per heavy atom. The van der Waals surface area contributed by atoms with Crippen LogP contribution in [0, 0.1) is 0 Å². The summed E-state index contributed by atoms with van der Waals surface area (Å²) in [5.74, 6) is 0.852. The first-order valence-corrected chi connectivity index (χ1v) is 8.06. The molecule has 1 aliphatic carbocycles. The second-order valence-corrected chi connectivity index (χ2v) is 7.14. The summed E-state index contributed by atoms with van der Waals surface area (Å²) in [6.45, 7) is 0. The Morgan fingerprint density at radius 2 is 1.83 bits per heavy atom. The van der Waals surface area contributed by atoms with Crippen molar-refractivity contribution in [2.45, 2.75) is 30.8 Å². The summed E-state index contributed by atoms with van der Waals surface area (Å²) in [4.78, 5) is 0. The normalized spacial score (nSPS) is 33.2. The summed E-state index contributed by atoms with van der Waals surface area (Å²) in [5, 5.41) is 4.74. The number of nitrogens with one attached hydrogen (secondary N) is 1. The highest BCUT2D eigenvalue weighted by atomic mass is 32.2. The number of benzene rings is 1. The molecular formula is C14H17NO2S. The standard InChI is InChI=1S/C14H17NO2S/c16-18(17)7-6-13(10-18)15-14-8-12(9-14)11-4-2-1-3-5-11/h1-7,12-15H,8-10H2. The van der Waals surface area contributed by atoms with Crippen LogP contribution in [-0.4, -0.2) is 26.3 Å². The smallest absolute Gasteiger partial charge is 0.173 e. The molecule has 4 heteroatoms. The predicted molar refractivity (Wildman–Crippen MR) is 72.1 cm³/mol. The van der Waals surface area contributed by atoms with Gasteiger partial charge in [0.15, 0.2) is 9.84 Å². The van der Waals surface area contributed by atoms with E-state index in [2.05, 4.69) is 29.6 Å². The first kappa shape index (κ1) is 11.9.